The highest BCUT2D eigenvalue weighted by Crippen LogP contribution is 2.22. The van der Waals surface area contributed by atoms with Gasteiger partial charge in [-0.2, -0.15) is 5.10 Å². The van der Waals surface area contributed by atoms with Gasteiger partial charge >= 0.3 is 0 Å². The Morgan fingerprint density at radius 3 is 2.76 bits per heavy atom. The number of piperidine rings is 1. The first kappa shape index (κ1) is 16.0. The molecule has 21 heavy (non-hydrogen) atoms. The Balaban J connectivity index is 2.25. The zero-order valence-corrected chi connectivity index (χ0v) is 13.9. The van der Waals surface area contributed by atoms with Crippen LogP contribution in [0.15, 0.2) is 6.20 Å². The minimum absolute atomic E-state index is 0.0979. The number of likely N-dealkylation sites (N-methyl/N-ethyl adjacent to an activating group) is 1. The van der Waals surface area contributed by atoms with Crippen LogP contribution in [0.2, 0.25) is 0 Å². The zero-order valence-electron chi connectivity index (χ0n) is 13.9. The van der Waals surface area contributed by atoms with Crippen molar-refractivity contribution in [3.05, 3.63) is 17.5 Å². The third kappa shape index (κ3) is 3.28. The first-order chi connectivity index (χ1) is 9.88. The quantitative estimate of drug-likeness (QED) is 0.927. The highest BCUT2D eigenvalue weighted by Gasteiger charge is 2.28. The van der Waals surface area contributed by atoms with E-state index in [1.54, 1.807) is 6.20 Å². The third-order valence-electron chi connectivity index (χ3n) is 4.19. The SMILES string of the molecule is CCc1c(C(=O)N2CCCC(NC)C2)cnn1C(C)(C)C. The van der Waals surface area contributed by atoms with Crippen LogP contribution in [-0.4, -0.2) is 46.8 Å². The lowest BCUT2D eigenvalue weighted by molar-refractivity contribution is 0.0696. The maximum Gasteiger partial charge on any atom is 0.257 e. The number of likely N-dealkylation sites (tertiary alicyclic amines) is 1. The van der Waals surface area contributed by atoms with Gasteiger partial charge in [-0.3, -0.25) is 9.48 Å². The molecule has 1 aromatic heterocycles. The molecule has 0 spiro atoms. The molecule has 0 aromatic carbocycles. The predicted molar refractivity (Wildman–Crippen MR) is 84.6 cm³/mol. The average Bonchev–Trinajstić information content (AvgIpc) is 2.90. The van der Waals surface area contributed by atoms with Crippen LogP contribution in [0.4, 0.5) is 0 Å². The van der Waals surface area contributed by atoms with Crippen LogP contribution in [-0.2, 0) is 12.0 Å². The summed E-state index contributed by atoms with van der Waals surface area (Å²) in [6.45, 7) is 10.1. The molecule has 0 radical (unpaired) electrons. The van der Waals surface area contributed by atoms with Crippen molar-refractivity contribution in [3.8, 4) is 0 Å². The minimum atomic E-state index is -0.0979. The number of hydrogen-bond acceptors (Lipinski definition) is 3. The fourth-order valence-electron chi connectivity index (χ4n) is 3.04. The van der Waals surface area contributed by atoms with E-state index in [1.807, 2.05) is 16.6 Å². The maximum atomic E-state index is 12.8. The predicted octanol–water partition coefficient (Wildman–Crippen LogP) is 2.02. The van der Waals surface area contributed by atoms with Crippen molar-refractivity contribution >= 4 is 5.91 Å². The van der Waals surface area contributed by atoms with Crippen molar-refractivity contribution < 1.29 is 4.79 Å². The van der Waals surface area contributed by atoms with E-state index in [2.05, 4.69) is 38.1 Å². The molecule has 1 aliphatic rings. The van der Waals surface area contributed by atoms with E-state index in [0.29, 0.717) is 6.04 Å². The number of rotatable bonds is 3. The van der Waals surface area contributed by atoms with Crippen LogP contribution in [0, 0.1) is 0 Å². The normalized spacial score (nSPS) is 19.9. The van der Waals surface area contributed by atoms with Gasteiger partial charge in [-0.1, -0.05) is 6.92 Å². The number of carbonyl (C=O) groups excluding carboxylic acids is 1. The van der Waals surface area contributed by atoms with Gasteiger partial charge in [0.25, 0.3) is 5.91 Å². The van der Waals surface area contributed by atoms with Gasteiger partial charge in [-0.25, -0.2) is 0 Å². The molecule has 1 amide bonds. The van der Waals surface area contributed by atoms with E-state index >= 15 is 0 Å². The van der Waals surface area contributed by atoms with Gasteiger partial charge in [-0.15, -0.1) is 0 Å². The van der Waals surface area contributed by atoms with Crippen LogP contribution in [0.5, 0.6) is 0 Å². The van der Waals surface area contributed by atoms with Gasteiger partial charge in [0.2, 0.25) is 0 Å². The molecule has 1 aromatic rings. The van der Waals surface area contributed by atoms with Crippen LogP contribution >= 0.6 is 0 Å². The summed E-state index contributed by atoms with van der Waals surface area (Å²) < 4.78 is 1.99. The van der Waals surface area contributed by atoms with Crippen molar-refractivity contribution in [1.29, 1.82) is 0 Å². The number of hydrogen-bond donors (Lipinski definition) is 1. The number of aromatic nitrogens is 2. The minimum Gasteiger partial charge on any atom is -0.337 e. The average molecular weight is 292 g/mol. The van der Waals surface area contributed by atoms with Crippen molar-refractivity contribution in [2.24, 2.45) is 0 Å². The second-order valence-corrected chi connectivity index (χ2v) is 6.82. The second-order valence-electron chi connectivity index (χ2n) is 6.82. The van der Waals surface area contributed by atoms with Crippen LogP contribution < -0.4 is 5.32 Å². The lowest BCUT2D eigenvalue weighted by atomic mass is 10.0. The summed E-state index contributed by atoms with van der Waals surface area (Å²) in [7, 11) is 1.97. The molecule has 2 heterocycles. The molecule has 0 bridgehead atoms. The van der Waals surface area contributed by atoms with Gasteiger partial charge in [0.1, 0.15) is 0 Å². The highest BCUT2D eigenvalue weighted by molar-refractivity contribution is 5.95. The largest absolute Gasteiger partial charge is 0.337 e. The summed E-state index contributed by atoms with van der Waals surface area (Å²) in [4.78, 5) is 14.8. The summed E-state index contributed by atoms with van der Waals surface area (Å²) in [5, 5.41) is 7.75. The Morgan fingerprint density at radius 2 is 2.19 bits per heavy atom. The van der Waals surface area contributed by atoms with Crippen molar-refractivity contribution in [1.82, 2.24) is 20.0 Å². The Labute approximate surface area is 127 Å². The highest BCUT2D eigenvalue weighted by atomic mass is 16.2. The number of nitrogens with one attached hydrogen (secondary N) is 1. The summed E-state index contributed by atoms with van der Waals surface area (Å²) >= 11 is 0. The molecule has 2 rings (SSSR count). The van der Waals surface area contributed by atoms with Gasteiger partial charge in [0, 0.05) is 19.1 Å². The summed E-state index contributed by atoms with van der Waals surface area (Å²) in [5.74, 6) is 0.127. The maximum absolute atomic E-state index is 12.8. The van der Waals surface area contributed by atoms with E-state index in [1.165, 1.54) is 0 Å². The van der Waals surface area contributed by atoms with Gasteiger partial charge in [0.15, 0.2) is 0 Å². The number of carbonyl (C=O) groups is 1. The topological polar surface area (TPSA) is 50.2 Å². The molecule has 0 aliphatic carbocycles. The van der Waals surface area contributed by atoms with Crippen molar-refractivity contribution in [2.75, 3.05) is 20.1 Å². The van der Waals surface area contributed by atoms with Crippen LogP contribution in [0.25, 0.3) is 0 Å². The lowest BCUT2D eigenvalue weighted by Gasteiger charge is -2.32. The second kappa shape index (κ2) is 6.18. The molecule has 1 atom stereocenters. The number of nitrogens with zero attached hydrogens (tertiary/aromatic N) is 3. The molecule has 1 unspecified atom stereocenters. The molecular weight excluding hydrogens is 264 g/mol. The first-order valence-corrected chi connectivity index (χ1v) is 7.92. The standard InChI is InChI=1S/C16H28N4O/c1-6-14-13(10-18-20(14)16(2,3)4)15(21)19-9-7-8-12(11-19)17-5/h10,12,17H,6-9,11H2,1-5H3. The molecule has 1 aliphatic heterocycles. The third-order valence-corrected chi connectivity index (χ3v) is 4.19. The Bertz CT molecular complexity index is 501. The molecule has 5 heteroatoms. The van der Waals surface area contributed by atoms with E-state index in [0.717, 1.165) is 43.6 Å². The Hall–Kier alpha value is -1.36. The molecule has 1 fully saturated rings. The van der Waals surface area contributed by atoms with Gasteiger partial charge in [-0.05, 0) is 47.1 Å². The van der Waals surface area contributed by atoms with Crippen LogP contribution in [0.3, 0.4) is 0 Å². The molecule has 5 nitrogen and oxygen atoms in total. The number of amides is 1. The molecule has 1 N–H and O–H groups in total. The molecule has 118 valence electrons. The van der Waals surface area contributed by atoms with Gasteiger partial charge < -0.3 is 10.2 Å². The Kier molecular flexibility index (Phi) is 4.71. The first-order valence-electron chi connectivity index (χ1n) is 7.92. The molecular formula is C16H28N4O. The van der Waals surface area contributed by atoms with Crippen molar-refractivity contribution in [3.63, 3.8) is 0 Å². The lowest BCUT2D eigenvalue weighted by Crippen LogP contribution is -2.47. The molecule has 1 saturated heterocycles. The fraction of sp³-hybridized carbons (Fsp3) is 0.750. The van der Waals surface area contributed by atoms with Crippen molar-refractivity contribution in [2.45, 2.75) is 58.5 Å². The van der Waals surface area contributed by atoms with E-state index in [9.17, 15) is 4.79 Å². The summed E-state index contributed by atoms with van der Waals surface area (Å²) in [6, 6.07) is 0.408. The van der Waals surface area contributed by atoms with E-state index in [-0.39, 0.29) is 11.4 Å². The van der Waals surface area contributed by atoms with E-state index in [4.69, 9.17) is 0 Å². The van der Waals surface area contributed by atoms with Crippen LogP contribution in [0.1, 0.15) is 56.6 Å². The smallest absolute Gasteiger partial charge is 0.257 e. The van der Waals surface area contributed by atoms with E-state index < -0.39 is 0 Å². The van der Waals surface area contributed by atoms with Gasteiger partial charge in [0.05, 0.1) is 23.0 Å². The summed E-state index contributed by atoms with van der Waals surface area (Å²) in [6.07, 6.45) is 4.77. The fourth-order valence-corrected chi connectivity index (χ4v) is 3.04. The Morgan fingerprint density at radius 1 is 1.48 bits per heavy atom. The monoisotopic (exact) mass is 292 g/mol. The molecule has 0 saturated carbocycles. The summed E-state index contributed by atoms with van der Waals surface area (Å²) in [5.41, 5.74) is 1.71. The zero-order chi connectivity index (χ0) is 15.6.